The SMILES string of the molecule is C=CN(/C=C\C)c1ccccc1Cc1ccccc1. The number of hydrogen-bond acceptors (Lipinski definition) is 1. The van der Waals surface area contributed by atoms with Crippen molar-refractivity contribution in [3.8, 4) is 0 Å². The molecular weight excluding hydrogens is 230 g/mol. The quantitative estimate of drug-likeness (QED) is 0.738. The van der Waals surface area contributed by atoms with Gasteiger partial charge in [-0.1, -0.05) is 61.2 Å². The largest absolute Gasteiger partial charge is 0.325 e. The van der Waals surface area contributed by atoms with Gasteiger partial charge in [-0.05, 0) is 30.5 Å². The second-order valence-corrected chi connectivity index (χ2v) is 4.36. The predicted molar refractivity (Wildman–Crippen MR) is 83.2 cm³/mol. The molecule has 1 nitrogen and oxygen atoms in total. The van der Waals surface area contributed by atoms with Crippen LogP contribution >= 0.6 is 0 Å². The molecule has 0 saturated carbocycles. The first-order valence-corrected chi connectivity index (χ1v) is 6.50. The summed E-state index contributed by atoms with van der Waals surface area (Å²) in [5, 5.41) is 0. The van der Waals surface area contributed by atoms with Crippen LogP contribution in [-0.4, -0.2) is 0 Å². The van der Waals surface area contributed by atoms with Crippen molar-refractivity contribution in [1.82, 2.24) is 0 Å². The molecule has 2 aromatic carbocycles. The minimum atomic E-state index is 0.929. The minimum absolute atomic E-state index is 0.929. The van der Waals surface area contributed by atoms with Crippen molar-refractivity contribution in [2.24, 2.45) is 0 Å². The molecule has 0 atom stereocenters. The van der Waals surface area contributed by atoms with Crippen LogP contribution in [0.1, 0.15) is 18.1 Å². The van der Waals surface area contributed by atoms with Crippen LogP contribution in [0.15, 0.2) is 79.7 Å². The second kappa shape index (κ2) is 6.60. The van der Waals surface area contributed by atoms with Gasteiger partial charge in [-0.2, -0.15) is 0 Å². The van der Waals surface area contributed by atoms with E-state index >= 15 is 0 Å². The molecule has 0 N–H and O–H groups in total. The molecule has 0 bridgehead atoms. The minimum Gasteiger partial charge on any atom is -0.325 e. The number of benzene rings is 2. The lowest BCUT2D eigenvalue weighted by atomic mass is 10.0. The van der Waals surface area contributed by atoms with Crippen LogP contribution in [0, 0.1) is 0 Å². The Bertz CT molecular complexity index is 555. The monoisotopic (exact) mass is 249 g/mol. The van der Waals surface area contributed by atoms with Gasteiger partial charge < -0.3 is 4.90 Å². The number of rotatable bonds is 5. The molecular formula is C18H19N. The van der Waals surface area contributed by atoms with Crippen LogP contribution in [0.4, 0.5) is 5.69 Å². The van der Waals surface area contributed by atoms with Gasteiger partial charge in [0.15, 0.2) is 0 Å². The number of hydrogen-bond donors (Lipinski definition) is 0. The van der Waals surface area contributed by atoms with Gasteiger partial charge in [-0.25, -0.2) is 0 Å². The Morgan fingerprint density at radius 3 is 2.37 bits per heavy atom. The molecule has 96 valence electrons. The van der Waals surface area contributed by atoms with E-state index < -0.39 is 0 Å². The highest BCUT2D eigenvalue weighted by Crippen LogP contribution is 2.23. The van der Waals surface area contributed by atoms with E-state index in [2.05, 4.69) is 60.0 Å². The van der Waals surface area contributed by atoms with Crippen molar-refractivity contribution >= 4 is 5.69 Å². The van der Waals surface area contributed by atoms with Crippen molar-refractivity contribution in [3.05, 3.63) is 90.8 Å². The van der Waals surface area contributed by atoms with Gasteiger partial charge in [-0.3, -0.25) is 0 Å². The molecule has 0 radical (unpaired) electrons. The van der Waals surface area contributed by atoms with Crippen LogP contribution in [0.3, 0.4) is 0 Å². The third-order valence-corrected chi connectivity index (χ3v) is 3.01. The molecule has 2 aromatic rings. The van der Waals surface area contributed by atoms with Crippen LogP contribution in [-0.2, 0) is 6.42 Å². The number of anilines is 1. The highest BCUT2D eigenvalue weighted by Gasteiger charge is 2.06. The fraction of sp³-hybridized carbons (Fsp3) is 0.111. The zero-order valence-electron chi connectivity index (χ0n) is 11.3. The molecule has 0 heterocycles. The molecule has 0 aliphatic rings. The summed E-state index contributed by atoms with van der Waals surface area (Å²) in [5.74, 6) is 0. The maximum atomic E-state index is 3.88. The number of nitrogens with zero attached hydrogens (tertiary/aromatic N) is 1. The topological polar surface area (TPSA) is 3.24 Å². The van der Waals surface area contributed by atoms with Crippen LogP contribution in [0.2, 0.25) is 0 Å². The predicted octanol–water partition coefficient (Wildman–Crippen LogP) is 4.76. The summed E-state index contributed by atoms with van der Waals surface area (Å²) in [6.07, 6.45) is 6.81. The summed E-state index contributed by atoms with van der Waals surface area (Å²) >= 11 is 0. The van der Waals surface area contributed by atoms with Crippen molar-refractivity contribution < 1.29 is 0 Å². The summed E-state index contributed by atoms with van der Waals surface area (Å²) in [5.41, 5.74) is 3.80. The Morgan fingerprint density at radius 1 is 1.00 bits per heavy atom. The highest BCUT2D eigenvalue weighted by atomic mass is 15.1. The average molecular weight is 249 g/mol. The van der Waals surface area contributed by atoms with Crippen LogP contribution in [0.5, 0.6) is 0 Å². The fourth-order valence-electron chi connectivity index (χ4n) is 2.13. The molecule has 0 spiro atoms. The highest BCUT2D eigenvalue weighted by molar-refractivity contribution is 5.59. The summed E-state index contributed by atoms with van der Waals surface area (Å²) in [4.78, 5) is 2.05. The summed E-state index contributed by atoms with van der Waals surface area (Å²) < 4.78 is 0. The molecule has 0 amide bonds. The van der Waals surface area contributed by atoms with E-state index in [9.17, 15) is 0 Å². The van der Waals surface area contributed by atoms with Gasteiger partial charge in [-0.15, -0.1) is 0 Å². The Hall–Kier alpha value is -2.28. The van der Waals surface area contributed by atoms with Gasteiger partial charge in [0.05, 0.1) is 0 Å². The first-order chi connectivity index (χ1) is 9.35. The average Bonchev–Trinajstić information content (AvgIpc) is 2.47. The molecule has 0 aliphatic carbocycles. The molecule has 0 saturated heterocycles. The first-order valence-electron chi connectivity index (χ1n) is 6.50. The van der Waals surface area contributed by atoms with E-state index in [-0.39, 0.29) is 0 Å². The normalized spacial score (nSPS) is 10.6. The Labute approximate surface area is 115 Å². The van der Waals surface area contributed by atoms with Crippen molar-refractivity contribution in [2.45, 2.75) is 13.3 Å². The van der Waals surface area contributed by atoms with Crippen molar-refractivity contribution in [2.75, 3.05) is 4.90 Å². The standard InChI is InChI=1S/C18H19N/c1-3-14-19(4-2)18-13-9-8-12-17(18)15-16-10-6-5-7-11-16/h3-14H,2,15H2,1H3/b14-3-. The Kier molecular flexibility index (Phi) is 4.57. The maximum absolute atomic E-state index is 3.88. The van der Waals surface area contributed by atoms with E-state index in [0.29, 0.717) is 0 Å². The molecule has 0 aliphatic heterocycles. The molecule has 0 aromatic heterocycles. The Balaban J connectivity index is 2.33. The summed E-state index contributed by atoms with van der Waals surface area (Å²) in [7, 11) is 0. The lowest BCUT2D eigenvalue weighted by Gasteiger charge is -2.19. The molecule has 0 fully saturated rings. The van der Waals surface area contributed by atoms with Gasteiger partial charge in [0.2, 0.25) is 0 Å². The van der Waals surface area contributed by atoms with Crippen LogP contribution < -0.4 is 4.90 Å². The van der Waals surface area contributed by atoms with Crippen LogP contribution in [0.25, 0.3) is 0 Å². The molecule has 1 heteroatoms. The Morgan fingerprint density at radius 2 is 1.68 bits per heavy atom. The first kappa shape index (κ1) is 13.2. The molecule has 2 rings (SSSR count). The van der Waals surface area contributed by atoms with Gasteiger partial charge >= 0.3 is 0 Å². The zero-order chi connectivity index (χ0) is 13.5. The van der Waals surface area contributed by atoms with E-state index in [0.717, 1.165) is 6.42 Å². The summed E-state index contributed by atoms with van der Waals surface area (Å²) in [6, 6.07) is 19.0. The third-order valence-electron chi connectivity index (χ3n) is 3.01. The lowest BCUT2D eigenvalue weighted by molar-refractivity contribution is 1.15. The van der Waals surface area contributed by atoms with Gasteiger partial charge in [0.1, 0.15) is 0 Å². The summed E-state index contributed by atoms with van der Waals surface area (Å²) in [6.45, 7) is 5.89. The molecule has 0 unspecified atom stereocenters. The van der Waals surface area contributed by atoms with E-state index in [4.69, 9.17) is 0 Å². The number of allylic oxidation sites excluding steroid dienone is 1. The van der Waals surface area contributed by atoms with Gasteiger partial charge in [0.25, 0.3) is 0 Å². The maximum Gasteiger partial charge on any atom is 0.0484 e. The van der Waals surface area contributed by atoms with E-state index in [1.54, 1.807) is 0 Å². The third kappa shape index (κ3) is 3.35. The molecule has 19 heavy (non-hydrogen) atoms. The fourth-order valence-corrected chi connectivity index (χ4v) is 2.13. The number of para-hydroxylation sites is 1. The lowest BCUT2D eigenvalue weighted by Crippen LogP contribution is -2.08. The zero-order valence-corrected chi connectivity index (χ0v) is 11.3. The van der Waals surface area contributed by atoms with Crippen molar-refractivity contribution in [3.63, 3.8) is 0 Å². The van der Waals surface area contributed by atoms with Crippen molar-refractivity contribution in [1.29, 1.82) is 0 Å². The van der Waals surface area contributed by atoms with E-state index in [1.165, 1.54) is 16.8 Å². The van der Waals surface area contributed by atoms with E-state index in [1.807, 2.05) is 31.5 Å². The van der Waals surface area contributed by atoms with Gasteiger partial charge in [0, 0.05) is 18.1 Å². The second-order valence-electron chi connectivity index (χ2n) is 4.36. The smallest absolute Gasteiger partial charge is 0.0484 e.